The van der Waals surface area contributed by atoms with E-state index in [2.05, 4.69) is 62.5 Å². The van der Waals surface area contributed by atoms with Gasteiger partial charge in [0.1, 0.15) is 12.6 Å². The third-order valence-electron chi connectivity index (χ3n) is 8.97. The van der Waals surface area contributed by atoms with Crippen LogP contribution in [-0.4, -0.2) is 75.5 Å². The van der Waals surface area contributed by atoms with Gasteiger partial charge in [0.2, 0.25) is 0 Å². The van der Waals surface area contributed by atoms with Crippen LogP contribution < -0.4 is 5.11 Å². The summed E-state index contributed by atoms with van der Waals surface area (Å²) < 4.78 is 17.1. The molecule has 0 aliphatic carbocycles. The van der Waals surface area contributed by atoms with Gasteiger partial charge in [-0.2, -0.15) is 0 Å². The fourth-order valence-corrected chi connectivity index (χ4v) is 5.66. The number of nitrogens with zero attached hydrogens (tertiary/aromatic N) is 1. The Morgan fingerprint density at radius 2 is 1.10 bits per heavy atom. The van der Waals surface area contributed by atoms with E-state index in [1.807, 2.05) is 0 Å². The number of carbonyl (C=O) groups is 3. The van der Waals surface area contributed by atoms with E-state index >= 15 is 0 Å². The molecule has 0 saturated heterocycles. The predicted octanol–water partition coefficient (Wildman–Crippen LogP) is 9.52. The molecule has 0 N–H and O–H groups in total. The lowest BCUT2D eigenvalue weighted by molar-refractivity contribution is -0.889. The number of rotatable bonds is 36. The van der Waals surface area contributed by atoms with Gasteiger partial charge in [0.05, 0.1) is 40.3 Å². The zero-order valence-corrected chi connectivity index (χ0v) is 34.0. The van der Waals surface area contributed by atoms with Gasteiger partial charge in [0.15, 0.2) is 6.10 Å². The lowest BCUT2D eigenvalue weighted by Crippen LogP contribution is -2.55. The standard InChI is InChI=1S/C44H77NO7/c1-6-8-10-12-14-16-18-19-20-21-22-23-25-26-28-30-32-34-42(46)51-39-40(38-50-37-36-41(44(48)49)45(3,4)5)52-43(47)35-33-31-29-27-24-17-15-13-11-9-7-2/h13-17,19-20,24,40-41H,6-12,18,21-23,25-39H2,1-5H3/b15-13+,16-14+,20-19+,24-17+. The monoisotopic (exact) mass is 732 g/mol. The number of carbonyl (C=O) groups excluding carboxylic acids is 3. The van der Waals surface area contributed by atoms with Crippen molar-refractivity contribution in [2.45, 2.75) is 174 Å². The van der Waals surface area contributed by atoms with Crippen LogP contribution in [0.4, 0.5) is 0 Å². The number of aliphatic carboxylic acids is 1. The average molecular weight is 732 g/mol. The molecule has 0 fully saturated rings. The highest BCUT2D eigenvalue weighted by Gasteiger charge is 2.25. The molecule has 2 unspecified atom stereocenters. The van der Waals surface area contributed by atoms with Crippen LogP contribution in [0.2, 0.25) is 0 Å². The molecule has 2 atom stereocenters. The highest BCUT2D eigenvalue weighted by molar-refractivity contribution is 5.70. The van der Waals surface area contributed by atoms with E-state index < -0.39 is 18.1 Å². The summed E-state index contributed by atoms with van der Waals surface area (Å²) in [6.45, 7) is 4.53. The molecule has 300 valence electrons. The first-order valence-electron chi connectivity index (χ1n) is 20.7. The van der Waals surface area contributed by atoms with Gasteiger partial charge in [-0.15, -0.1) is 0 Å². The summed E-state index contributed by atoms with van der Waals surface area (Å²) in [7, 11) is 5.38. The maximum absolute atomic E-state index is 12.6. The van der Waals surface area contributed by atoms with Crippen molar-refractivity contribution >= 4 is 17.9 Å². The van der Waals surface area contributed by atoms with E-state index in [9.17, 15) is 19.5 Å². The molecular weight excluding hydrogens is 654 g/mol. The van der Waals surface area contributed by atoms with Crippen molar-refractivity contribution in [3.05, 3.63) is 48.6 Å². The third kappa shape index (κ3) is 33.1. The summed E-state index contributed by atoms with van der Waals surface area (Å²) in [4.78, 5) is 36.7. The molecule has 0 bridgehead atoms. The van der Waals surface area contributed by atoms with E-state index in [1.165, 1.54) is 64.2 Å². The fourth-order valence-electron chi connectivity index (χ4n) is 5.66. The number of allylic oxidation sites excluding steroid dienone is 8. The maximum Gasteiger partial charge on any atom is 0.306 e. The van der Waals surface area contributed by atoms with Crippen molar-refractivity contribution in [2.75, 3.05) is 41.0 Å². The molecule has 0 saturated carbocycles. The van der Waals surface area contributed by atoms with Gasteiger partial charge >= 0.3 is 11.9 Å². The second-order valence-corrected chi connectivity index (χ2v) is 14.9. The van der Waals surface area contributed by atoms with Gasteiger partial charge in [-0.25, -0.2) is 0 Å². The molecule has 0 amide bonds. The first kappa shape index (κ1) is 49.3. The molecule has 0 aromatic carbocycles. The van der Waals surface area contributed by atoms with E-state index in [-0.39, 0.29) is 49.1 Å². The molecule has 0 rings (SSSR count). The smallest absolute Gasteiger partial charge is 0.306 e. The second-order valence-electron chi connectivity index (χ2n) is 14.9. The van der Waals surface area contributed by atoms with Crippen LogP contribution in [0.5, 0.6) is 0 Å². The van der Waals surface area contributed by atoms with Crippen molar-refractivity contribution in [3.8, 4) is 0 Å². The zero-order valence-electron chi connectivity index (χ0n) is 34.0. The average Bonchev–Trinajstić information content (AvgIpc) is 3.09. The minimum atomic E-state index is -1.13. The van der Waals surface area contributed by atoms with Gasteiger partial charge in [-0.1, -0.05) is 127 Å². The SMILES string of the molecule is CCCC/C=C/C=C/CCCCCC(=O)OC(COCCC(C(=O)[O-])[N+](C)(C)C)COC(=O)CCCCCCCCC/C=C/C/C=C/CCCCC. The number of quaternary nitrogens is 1. The number of hydrogen-bond donors (Lipinski definition) is 0. The van der Waals surface area contributed by atoms with Crippen molar-refractivity contribution in [3.63, 3.8) is 0 Å². The quantitative estimate of drug-likeness (QED) is 0.0208. The molecule has 0 aliphatic heterocycles. The molecule has 0 aromatic heterocycles. The van der Waals surface area contributed by atoms with Gasteiger partial charge in [0.25, 0.3) is 0 Å². The number of carboxylic acids is 1. The Bertz CT molecular complexity index is 995. The van der Waals surface area contributed by atoms with E-state index in [0.29, 0.717) is 6.42 Å². The van der Waals surface area contributed by atoms with Crippen LogP contribution in [-0.2, 0) is 28.6 Å². The Morgan fingerprint density at radius 1 is 0.596 bits per heavy atom. The molecule has 52 heavy (non-hydrogen) atoms. The summed E-state index contributed by atoms with van der Waals surface area (Å²) in [5, 5.41) is 11.6. The predicted molar refractivity (Wildman–Crippen MR) is 213 cm³/mol. The zero-order chi connectivity index (χ0) is 38.5. The van der Waals surface area contributed by atoms with Crippen LogP contribution in [0.1, 0.15) is 162 Å². The number of unbranched alkanes of at least 4 members (excludes halogenated alkanes) is 15. The number of carboxylic acid groups (broad SMARTS) is 1. The largest absolute Gasteiger partial charge is 0.544 e. The molecule has 0 aliphatic rings. The van der Waals surface area contributed by atoms with Crippen LogP contribution in [0.25, 0.3) is 0 Å². The highest BCUT2D eigenvalue weighted by Crippen LogP contribution is 2.13. The normalized spacial score (nSPS) is 13.5. The van der Waals surface area contributed by atoms with Crippen molar-refractivity contribution in [1.82, 2.24) is 0 Å². The minimum Gasteiger partial charge on any atom is -0.544 e. The first-order valence-corrected chi connectivity index (χ1v) is 20.7. The van der Waals surface area contributed by atoms with Crippen LogP contribution >= 0.6 is 0 Å². The summed E-state index contributed by atoms with van der Waals surface area (Å²) in [6.07, 6.45) is 39.9. The Balaban J connectivity index is 4.39. The lowest BCUT2D eigenvalue weighted by atomic mass is 10.1. The van der Waals surface area contributed by atoms with Crippen molar-refractivity contribution in [2.24, 2.45) is 0 Å². The van der Waals surface area contributed by atoms with Gasteiger partial charge < -0.3 is 28.6 Å². The summed E-state index contributed by atoms with van der Waals surface area (Å²) in [5.74, 6) is -1.79. The highest BCUT2D eigenvalue weighted by atomic mass is 16.6. The second kappa shape index (κ2) is 35.3. The van der Waals surface area contributed by atoms with E-state index in [4.69, 9.17) is 14.2 Å². The fraction of sp³-hybridized carbons (Fsp3) is 0.750. The Labute approximate surface area is 318 Å². The van der Waals surface area contributed by atoms with Gasteiger partial charge in [0, 0.05) is 19.3 Å². The number of esters is 2. The summed E-state index contributed by atoms with van der Waals surface area (Å²) in [5.41, 5.74) is 0. The molecule has 0 heterocycles. The van der Waals surface area contributed by atoms with Crippen LogP contribution in [0.3, 0.4) is 0 Å². The topological polar surface area (TPSA) is 102 Å². The first-order chi connectivity index (χ1) is 25.1. The van der Waals surface area contributed by atoms with Crippen molar-refractivity contribution in [1.29, 1.82) is 0 Å². The molecule has 0 aromatic rings. The lowest BCUT2D eigenvalue weighted by Gasteiger charge is -2.34. The van der Waals surface area contributed by atoms with E-state index in [0.717, 1.165) is 64.2 Å². The summed E-state index contributed by atoms with van der Waals surface area (Å²) in [6, 6.07) is -0.731. The molecule has 8 nitrogen and oxygen atoms in total. The minimum absolute atomic E-state index is 0.0263. The number of hydrogen-bond acceptors (Lipinski definition) is 7. The molecular formula is C44H77NO7. The maximum atomic E-state index is 12.6. The Hall–Kier alpha value is -2.71. The summed E-state index contributed by atoms with van der Waals surface area (Å²) >= 11 is 0. The van der Waals surface area contributed by atoms with Crippen molar-refractivity contribution < 1.29 is 38.2 Å². The Morgan fingerprint density at radius 3 is 1.67 bits per heavy atom. The van der Waals surface area contributed by atoms with Gasteiger partial charge in [-0.3, -0.25) is 9.59 Å². The van der Waals surface area contributed by atoms with Crippen LogP contribution in [0, 0.1) is 0 Å². The third-order valence-corrected chi connectivity index (χ3v) is 8.97. The molecule has 0 radical (unpaired) electrons. The molecule has 0 spiro atoms. The number of ether oxygens (including phenoxy) is 3. The Kier molecular flexibility index (Phi) is 33.5. The molecule has 8 heteroatoms. The van der Waals surface area contributed by atoms with Gasteiger partial charge in [-0.05, 0) is 64.2 Å². The van der Waals surface area contributed by atoms with E-state index in [1.54, 1.807) is 21.1 Å². The number of likely N-dealkylation sites (N-methyl/N-ethyl adjacent to an activating group) is 1. The van der Waals surface area contributed by atoms with Crippen LogP contribution in [0.15, 0.2) is 48.6 Å².